The molecule has 0 spiro atoms. The average molecular weight is 321 g/mol. The number of nitrogens with two attached hydrogens (primary N) is 1. The van der Waals surface area contributed by atoms with Gasteiger partial charge in [0.05, 0.1) is 13.7 Å². The van der Waals surface area contributed by atoms with E-state index in [4.69, 9.17) is 19.9 Å². The van der Waals surface area contributed by atoms with E-state index in [2.05, 4.69) is 26.0 Å². The van der Waals surface area contributed by atoms with Crippen molar-refractivity contribution < 1.29 is 14.2 Å². The molecule has 0 bridgehead atoms. The molecule has 23 heavy (non-hydrogen) atoms. The largest absolute Gasteiger partial charge is 0.493 e. The summed E-state index contributed by atoms with van der Waals surface area (Å²) in [7, 11) is 3.37. The van der Waals surface area contributed by atoms with E-state index in [-0.39, 0.29) is 11.5 Å². The summed E-state index contributed by atoms with van der Waals surface area (Å²) in [5.74, 6) is 1.96. The molecule has 0 aliphatic heterocycles. The summed E-state index contributed by atoms with van der Waals surface area (Å²) in [5, 5.41) is 0. The van der Waals surface area contributed by atoms with Gasteiger partial charge in [0.1, 0.15) is 0 Å². The van der Waals surface area contributed by atoms with E-state index in [1.54, 1.807) is 14.2 Å². The van der Waals surface area contributed by atoms with Crippen molar-refractivity contribution >= 4 is 0 Å². The Hall–Kier alpha value is -1.26. The minimum absolute atomic E-state index is 0.172. The van der Waals surface area contributed by atoms with Gasteiger partial charge in [0.25, 0.3) is 0 Å². The smallest absolute Gasteiger partial charge is 0.161 e. The van der Waals surface area contributed by atoms with Crippen LogP contribution in [0.3, 0.4) is 0 Å². The first-order valence-electron chi connectivity index (χ1n) is 8.55. The summed E-state index contributed by atoms with van der Waals surface area (Å²) in [5.41, 5.74) is 8.00. The minimum atomic E-state index is 0.172. The number of methoxy groups -OCH3 is 2. The predicted octanol–water partition coefficient (Wildman–Crippen LogP) is 3.73. The molecule has 1 fully saturated rings. The summed E-state index contributed by atoms with van der Waals surface area (Å²) in [6, 6.07) is 6.41. The van der Waals surface area contributed by atoms with Gasteiger partial charge in [0, 0.05) is 26.2 Å². The van der Waals surface area contributed by atoms with E-state index in [0.29, 0.717) is 19.1 Å². The van der Waals surface area contributed by atoms with Crippen molar-refractivity contribution in [1.29, 1.82) is 0 Å². The molecule has 4 heteroatoms. The highest BCUT2D eigenvalue weighted by Crippen LogP contribution is 2.44. The highest BCUT2D eigenvalue weighted by molar-refractivity contribution is 5.44. The number of ether oxygens (including phenoxy) is 3. The SMILES string of the molecule is COCCCOc1cc(C2CCCC(C)(C)C2N)ccc1OC. The lowest BCUT2D eigenvalue weighted by Gasteiger charge is -2.42. The number of benzene rings is 1. The third kappa shape index (κ3) is 4.39. The molecule has 0 aromatic heterocycles. The van der Waals surface area contributed by atoms with Gasteiger partial charge in [-0.15, -0.1) is 0 Å². The first-order valence-corrected chi connectivity index (χ1v) is 8.55. The van der Waals surface area contributed by atoms with E-state index in [1.165, 1.54) is 18.4 Å². The Morgan fingerprint density at radius 1 is 1.17 bits per heavy atom. The average Bonchev–Trinajstić information content (AvgIpc) is 2.54. The van der Waals surface area contributed by atoms with Crippen LogP contribution in [0.15, 0.2) is 18.2 Å². The van der Waals surface area contributed by atoms with Crippen LogP contribution >= 0.6 is 0 Å². The second-order valence-corrected chi connectivity index (χ2v) is 7.12. The molecule has 0 radical (unpaired) electrons. The quantitative estimate of drug-likeness (QED) is 0.778. The zero-order valence-corrected chi connectivity index (χ0v) is 14.9. The summed E-state index contributed by atoms with van der Waals surface area (Å²) in [4.78, 5) is 0. The van der Waals surface area contributed by atoms with Crippen molar-refractivity contribution in [2.45, 2.75) is 51.5 Å². The van der Waals surface area contributed by atoms with Crippen LogP contribution in [0.2, 0.25) is 0 Å². The molecular weight excluding hydrogens is 290 g/mol. The predicted molar refractivity (Wildman–Crippen MR) is 93.3 cm³/mol. The van der Waals surface area contributed by atoms with Gasteiger partial charge >= 0.3 is 0 Å². The Morgan fingerprint density at radius 3 is 2.65 bits per heavy atom. The summed E-state index contributed by atoms with van der Waals surface area (Å²) in [6.07, 6.45) is 4.42. The molecule has 2 unspecified atom stereocenters. The van der Waals surface area contributed by atoms with Crippen molar-refractivity contribution in [2.75, 3.05) is 27.4 Å². The zero-order chi connectivity index (χ0) is 16.9. The summed E-state index contributed by atoms with van der Waals surface area (Å²) >= 11 is 0. The van der Waals surface area contributed by atoms with Gasteiger partial charge in [0.15, 0.2) is 11.5 Å². The van der Waals surface area contributed by atoms with Crippen LogP contribution in [0.1, 0.15) is 51.0 Å². The molecule has 0 heterocycles. The molecule has 1 saturated carbocycles. The maximum Gasteiger partial charge on any atom is 0.161 e. The van der Waals surface area contributed by atoms with Crippen LogP contribution < -0.4 is 15.2 Å². The van der Waals surface area contributed by atoms with Gasteiger partial charge in [-0.1, -0.05) is 26.3 Å². The van der Waals surface area contributed by atoms with Crippen LogP contribution in [0.5, 0.6) is 11.5 Å². The first-order chi connectivity index (χ1) is 11.0. The Labute approximate surface area is 140 Å². The van der Waals surface area contributed by atoms with Gasteiger partial charge in [-0.2, -0.15) is 0 Å². The molecule has 1 aromatic carbocycles. The van der Waals surface area contributed by atoms with Crippen molar-refractivity contribution in [3.63, 3.8) is 0 Å². The number of hydrogen-bond acceptors (Lipinski definition) is 4. The lowest BCUT2D eigenvalue weighted by Crippen LogP contribution is -2.45. The fourth-order valence-corrected chi connectivity index (χ4v) is 3.46. The van der Waals surface area contributed by atoms with E-state index >= 15 is 0 Å². The molecule has 2 atom stereocenters. The normalized spacial score (nSPS) is 23.5. The fourth-order valence-electron chi connectivity index (χ4n) is 3.46. The zero-order valence-electron chi connectivity index (χ0n) is 14.9. The molecule has 1 aliphatic carbocycles. The van der Waals surface area contributed by atoms with Crippen LogP contribution in [-0.2, 0) is 4.74 Å². The van der Waals surface area contributed by atoms with Crippen molar-refractivity contribution in [3.05, 3.63) is 23.8 Å². The molecule has 1 aromatic rings. The van der Waals surface area contributed by atoms with E-state index < -0.39 is 0 Å². The second-order valence-electron chi connectivity index (χ2n) is 7.12. The molecule has 1 aliphatic rings. The van der Waals surface area contributed by atoms with Crippen LogP contribution in [0, 0.1) is 5.41 Å². The van der Waals surface area contributed by atoms with E-state index in [9.17, 15) is 0 Å². The maximum atomic E-state index is 6.56. The molecule has 0 amide bonds. The minimum Gasteiger partial charge on any atom is -0.493 e. The lowest BCUT2D eigenvalue weighted by atomic mass is 9.66. The Balaban J connectivity index is 2.16. The van der Waals surface area contributed by atoms with Gasteiger partial charge in [-0.3, -0.25) is 0 Å². The Morgan fingerprint density at radius 2 is 1.96 bits per heavy atom. The lowest BCUT2D eigenvalue weighted by molar-refractivity contribution is 0.169. The molecular formula is C19H31NO3. The van der Waals surface area contributed by atoms with E-state index in [0.717, 1.165) is 24.3 Å². The second kappa shape index (κ2) is 8.02. The van der Waals surface area contributed by atoms with Crippen LogP contribution in [-0.4, -0.2) is 33.5 Å². The molecule has 2 rings (SSSR count). The monoisotopic (exact) mass is 321 g/mol. The van der Waals surface area contributed by atoms with Crippen molar-refractivity contribution in [1.82, 2.24) is 0 Å². The third-order valence-corrected chi connectivity index (χ3v) is 5.04. The van der Waals surface area contributed by atoms with Gasteiger partial charge in [-0.25, -0.2) is 0 Å². The fraction of sp³-hybridized carbons (Fsp3) is 0.684. The topological polar surface area (TPSA) is 53.7 Å². The first kappa shape index (κ1) is 18.1. The highest BCUT2D eigenvalue weighted by atomic mass is 16.5. The Kier molecular flexibility index (Phi) is 6.31. The molecule has 2 N–H and O–H groups in total. The number of hydrogen-bond donors (Lipinski definition) is 1. The Bertz CT molecular complexity index is 501. The van der Waals surface area contributed by atoms with Gasteiger partial charge < -0.3 is 19.9 Å². The van der Waals surface area contributed by atoms with Crippen molar-refractivity contribution in [2.24, 2.45) is 11.1 Å². The van der Waals surface area contributed by atoms with Gasteiger partial charge in [0.2, 0.25) is 0 Å². The van der Waals surface area contributed by atoms with Crippen LogP contribution in [0.4, 0.5) is 0 Å². The molecule has 4 nitrogen and oxygen atoms in total. The summed E-state index contributed by atoms with van der Waals surface area (Å²) < 4.78 is 16.4. The summed E-state index contributed by atoms with van der Waals surface area (Å²) in [6.45, 7) is 5.87. The maximum absolute atomic E-state index is 6.56. The third-order valence-electron chi connectivity index (χ3n) is 5.04. The van der Waals surface area contributed by atoms with Gasteiger partial charge in [-0.05, 0) is 41.9 Å². The van der Waals surface area contributed by atoms with Crippen molar-refractivity contribution in [3.8, 4) is 11.5 Å². The molecule has 0 saturated heterocycles. The standard InChI is InChI=1S/C19H31NO3/c1-19(2)10-5-7-15(18(19)20)14-8-9-16(22-4)17(13-14)23-12-6-11-21-3/h8-9,13,15,18H,5-7,10-12,20H2,1-4H3. The molecule has 130 valence electrons. The van der Waals surface area contributed by atoms with E-state index in [1.807, 2.05) is 6.07 Å². The number of rotatable bonds is 7. The van der Waals surface area contributed by atoms with Crippen LogP contribution in [0.25, 0.3) is 0 Å². The highest BCUT2D eigenvalue weighted by Gasteiger charge is 2.37.